The summed E-state index contributed by atoms with van der Waals surface area (Å²) in [6.45, 7) is 6.65. The van der Waals surface area contributed by atoms with Crippen LogP contribution in [0.1, 0.15) is 11.4 Å². The summed E-state index contributed by atoms with van der Waals surface area (Å²) >= 11 is 0. The van der Waals surface area contributed by atoms with Crippen molar-refractivity contribution in [2.75, 3.05) is 45.8 Å². The van der Waals surface area contributed by atoms with E-state index in [0.717, 1.165) is 52.9 Å². The van der Waals surface area contributed by atoms with Gasteiger partial charge in [0.1, 0.15) is 11.6 Å². The van der Waals surface area contributed by atoms with Gasteiger partial charge >= 0.3 is 0 Å². The van der Waals surface area contributed by atoms with E-state index in [1.165, 1.54) is 12.3 Å². The summed E-state index contributed by atoms with van der Waals surface area (Å²) in [7, 11) is 3.56. The fourth-order valence-electron chi connectivity index (χ4n) is 4.39. The maximum Gasteiger partial charge on any atom is 0.212 e. The standard InChI is InChI=1S/C18H18N6.C7H14N2O3.C5H4FN/c1-12-17(14-9-10-16-20-13(2)21-23(16)11-14)22-24(18(12)19-3)15-7-5-4-6-8-15;1-11-3-2-9-4-7(5-12-9)8-6-10;6-5-3-1-2-4-7-5/h4-11,19H,1-3H3;6-7H,2-5H2,1H3,(H,8,10);1-4H/t;7-;/m.1./s1. The van der Waals surface area contributed by atoms with Gasteiger partial charge < -0.3 is 15.4 Å². The Kier molecular flexibility index (Phi) is 11.2. The number of aromatic nitrogens is 6. The van der Waals surface area contributed by atoms with Gasteiger partial charge in [0.15, 0.2) is 5.65 Å². The first-order chi connectivity index (χ1) is 20.9. The van der Waals surface area contributed by atoms with E-state index >= 15 is 0 Å². The van der Waals surface area contributed by atoms with Gasteiger partial charge in [-0.05, 0) is 50.2 Å². The second kappa shape index (κ2) is 15.5. The van der Waals surface area contributed by atoms with Crippen molar-refractivity contribution in [3.05, 3.63) is 90.4 Å². The van der Waals surface area contributed by atoms with Crippen molar-refractivity contribution in [1.82, 2.24) is 39.7 Å². The van der Waals surface area contributed by atoms with Gasteiger partial charge in [0.05, 0.1) is 30.6 Å². The van der Waals surface area contributed by atoms with Crippen molar-refractivity contribution in [3.63, 3.8) is 0 Å². The zero-order valence-electron chi connectivity index (χ0n) is 24.6. The summed E-state index contributed by atoms with van der Waals surface area (Å²) in [5.74, 6) is 1.31. The lowest BCUT2D eigenvalue weighted by Crippen LogP contribution is -2.33. The van der Waals surface area contributed by atoms with E-state index in [1.807, 2.05) is 67.3 Å². The predicted molar refractivity (Wildman–Crippen MR) is 161 cm³/mol. The van der Waals surface area contributed by atoms with Gasteiger partial charge in [-0.15, -0.1) is 0 Å². The number of amides is 1. The molecular formula is C30H36FN9O3. The number of carbonyl (C=O) groups is 1. The smallest absolute Gasteiger partial charge is 0.212 e. The molecule has 1 saturated heterocycles. The van der Waals surface area contributed by atoms with Gasteiger partial charge in [0.2, 0.25) is 12.4 Å². The fraction of sp³-hybridized carbons (Fsp3) is 0.300. The molecule has 6 rings (SSSR count). The van der Waals surface area contributed by atoms with Crippen LogP contribution >= 0.6 is 0 Å². The second-order valence-corrected chi connectivity index (χ2v) is 9.51. The van der Waals surface area contributed by atoms with Gasteiger partial charge in [-0.2, -0.15) is 19.7 Å². The molecule has 1 aliphatic heterocycles. The summed E-state index contributed by atoms with van der Waals surface area (Å²) in [4.78, 5) is 23.0. The molecule has 5 heterocycles. The van der Waals surface area contributed by atoms with E-state index in [0.29, 0.717) is 19.6 Å². The third-order valence-corrected chi connectivity index (χ3v) is 6.43. The number of nitrogens with one attached hydrogen (secondary N) is 2. The number of hydroxylamine groups is 2. The highest BCUT2D eigenvalue weighted by atomic mass is 19.1. The Morgan fingerprint density at radius 3 is 2.53 bits per heavy atom. The van der Waals surface area contributed by atoms with Crippen LogP contribution in [0.3, 0.4) is 0 Å². The molecule has 13 heteroatoms. The summed E-state index contributed by atoms with van der Waals surface area (Å²) in [5.41, 5.74) is 4.89. The highest BCUT2D eigenvalue weighted by molar-refractivity contribution is 5.70. The zero-order chi connectivity index (χ0) is 30.6. The van der Waals surface area contributed by atoms with Crippen molar-refractivity contribution >= 4 is 17.9 Å². The molecule has 12 nitrogen and oxygen atoms in total. The lowest BCUT2D eigenvalue weighted by Gasteiger charge is -2.12. The van der Waals surface area contributed by atoms with Crippen LogP contribution in [0.2, 0.25) is 0 Å². The first kappa shape index (κ1) is 31.2. The Morgan fingerprint density at radius 2 is 1.88 bits per heavy atom. The lowest BCUT2D eigenvalue weighted by atomic mass is 10.1. The highest BCUT2D eigenvalue weighted by Gasteiger charge is 2.22. The first-order valence-corrected chi connectivity index (χ1v) is 13.7. The van der Waals surface area contributed by atoms with Gasteiger partial charge in [0.25, 0.3) is 0 Å². The van der Waals surface area contributed by atoms with Crippen LogP contribution in [0.15, 0.2) is 73.1 Å². The monoisotopic (exact) mass is 589 g/mol. The SMILES string of the molecule is CNc1c(C)c(-c2ccc3nc(C)nn3c2)nn1-c1ccccc1.COCCN1C[C@@H](NC=O)CO1.Fc1ccccn1. The molecule has 1 fully saturated rings. The van der Waals surface area contributed by atoms with Crippen molar-refractivity contribution in [3.8, 4) is 16.9 Å². The molecule has 0 bridgehead atoms. The van der Waals surface area contributed by atoms with Crippen LogP contribution in [0.5, 0.6) is 0 Å². The molecule has 0 radical (unpaired) electrons. The summed E-state index contributed by atoms with van der Waals surface area (Å²) in [6.07, 6.45) is 4.09. The molecule has 0 saturated carbocycles. The number of pyridine rings is 2. The molecule has 0 aliphatic carbocycles. The first-order valence-electron chi connectivity index (χ1n) is 13.7. The Hall–Kier alpha value is -4.72. The van der Waals surface area contributed by atoms with Crippen molar-refractivity contribution in [2.24, 2.45) is 0 Å². The number of para-hydroxylation sites is 1. The summed E-state index contributed by atoms with van der Waals surface area (Å²) in [6, 6.07) is 18.8. The molecule has 1 atom stereocenters. The van der Waals surface area contributed by atoms with Crippen LogP contribution in [0.25, 0.3) is 22.6 Å². The number of ether oxygens (including phenoxy) is 1. The Bertz CT molecular complexity index is 1580. The van der Waals surface area contributed by atoms with Crippen LogP contribution in [-0.4, -0.2) is 87.3 Å². The predicted octanol–water partition coefficient (Wildman–Crippen LogP) is 3.46. The highest BCUT2D eigenvalue weighted by Crippen LogP contribution is 2.30. The molecular weight excluding hydrogens is 553 g/mol. The van der Waals surface area contributed by atoms with E-state index in [9.17, 15) is 9.18 Å². The minimum Gasteiger partial charge on any atom is -0.383 e. The minimum absolute atomic E-state index is 0.124. The summed E-state index contributed by atoms with van der Waals surface area (Å²) in [5, 5.41) is 16.9. The Labute approximate surface area is 249 Å². The van der Waals surface area contributed by atoms with E-state index in [2.05, 4.69) is 32.6 Å². The van der Waals surface area contributed by atoms with E-state index in [1.54, 1.807) is 28.8 Å². The van der Waals surface area contributed by atoms with Gasteiger partial charge in [-0.25, -0.2) is 19.2 Å². The van der Waals surface area contributed by atoms with Gasteiger partial charge in [-0.1, -0.05) is 24.3 Å². The minimum atomic E-state index is -0.428. The third-order valence-electron chi connectivity index (χ3n) is 6.43. The number of methoxy groups -OCH3 is 1. The number of aryl methyl sites for hydroxylation is 1. The molecule has 1 amide bonds. The average molecular weight is 590 g/mol. The number of carbonyl (C=O) groups excluding carboxylic acids is 1. The molecule has 5 aromatic rings. The Balaban J connectivity index is 0.000000184. The molecule has 2 N–H and O–H groups in total. The number of benzene rings is 1. The summed E-state index contributed by atoms with van der Waals surface area (Å²) < 4.78 is 20.4. The molecule has 4 aromatic heterocycles. The largest absolute Gasteiger partial charge is 0.383 e. The zero-order valence-corrected chi connectivity index (χ0v) is 24.6. The van der Waals surface area contributed by atoms with E-state index in [4.69, 9.17) is 14.7 Å². The molecule has 0 spiro atoms. The third kappa shape index (κ3) is 8.41. The fourth-order valence-corrected chi connectivity index (χ4v) is 4.39. The number of halogens is 1. The number of anilines is 1. The molecule has 0 unspecified atom stereocenters. The number of hydrogen-bond acceptors (Lipinski definition) is 9. The second-order valence-electron chi connectivity index (χ2n) is 9.51. The van der Waals surface area contributed by atoms with Gasteiger partial charge in [-0.3, -0.25) is 9.63 Å². The number of fused-ring (bicyclic) bond motifs is 1. The molecule has 1 aromatic carbocycles. The van der Waals surface area contributed by atoms with Crippen LogP contribution < -0.4 is 10.6 Å². The van der Waals surface area contributed by atoms with Crippen molar-refractivity contribution in [2.45, 2.75) is 19.9 Å². The van der Waals surface area contributed by atoms with Crippen molar-refractivity contribution in [1.29, 1.82) is 0 Å². The lowest BCUT2D eigenvalue weighted by molar-refractivity contribution is -0.118. The maximum absolute atomic E-state index is 11.8. The topological polar surface area (TPSA) is 124 Å². The quantitative estimate of drug-likeness (QED) is 0.207. The number of rotatable bonds is 8. The molecule has 43 heavy (non-hydrogen) atoms. The number of hydrogen-bond donors (Lipinski definition) is 2. The van der Waals surface area contributed by atoms with Crippen LogP contribution in [0.4, 0.5) is 10.2 Å². The van der Waals surface area contributed by atoms with Gasteiger partial charge in [0, 0.05) is 50.8 Å². The van der Waals surface area contributed by atoms with Crippen LogP contribution in [0, 0.1) is 19.8 Å². The average Bonchev–Trinajstić information content (AvgIpc) is 3.73. The molecule has 1 aliphatic rings. The van der Waals surface area contributed by atoms with E-state index < -0.39 is 5.95 Å². The maximum atomic E-state index is 11.8. The Morgan fingerprint density at radius 1 is 1.09 bits per heavy atom. The van der Waals surface area contributed by atoms with Crippen molar-refractivity contribution < 1.29 is 18.8 Å². The van der Waals surface area contributed by atoms with Crippen LogP contribution in [-0.2, 0) is 14.4 Å². The number of nitrogens with zero attached hydrogens (tertiary/aromatic N) is 7. The normalized spacial score (nSPS) is 14.4. The molecule has 226 valence electrons. The van der Waals surface area contributed by atoms with E-state index in [-0.39, 0.29) is 6.04 Å².